The van der Waals surface area contributed by atoms with Gasteiger partial charge >= 0.3 is 0 Å². The van der Waals surface area contributed by atoms with Crippen molar-refractivity contribution in [3.63, 3.8) is 0 Å². The average molecular weight is 666 g/mol. The third-order valence-corrected chi connectivity index (χ3v) is 9.90. The number of allylic oxidation sites excluding steroid dienone is 2. The van der Waals surface area contributed by atoms with Crippen LogP contribution in [0, 0.1) is 0 Å². The van der Waals surface area contributed by atoms with Crippen molar-refractivity contribution in [2.24, 2.45) is 4.99 Å². The van der Waals surface area contributed by atoms with E-state index in [0.29, 0.717) is 5.70 Å². The minimum atomic E-state index is 0.700. The molecule has 7 aromatic carbocycles. The highest BCUT2D eigenvalue weighted by atomic mass is 15.0. The summed E-state index contributed by atoms with van der Waals surface area (Å²) in [5, 5.41) is 5.76. The molecule has 2 aromatic heterocycles. The molecule has 9 rings (SSSR count). The van der Waals surface area contributed by atoms with Gasteiger partial charge in [-0.25, -0.2) is 9.98 Å². The van der Waals surface area contributed by atoms with Crippen LogP contribution in [0.4, 0.5) is 0 Å². The first kappa shape index (κ1) is 31.2. The van der Waals surface area contributed by atoms with E-state index in [9.17, 15) is 0 Å². The number of rotatable bonds is 7. The molecule has 0 radical (unpaired) electrons. The molecule has 0 aliphatic rings. The van der Waals surface area contributed by atoms with Crippen molar-refractivity contribution in [3.8, 4) is 16.9 Å². The van der Waals surface area contributed by atoms with E-state index < -0.39 is 0 Å². The molecule has 3 heteroatoms. The molecule has 52 heavy (non-hydrogen) atoms. The van der Waals surface area contributed by atoms with Crippen molar-refractivity contribution in [3.05, 3.63) is 205 Å². The van der Waals surface area contributed by atoms with Gasteiger partial charge in [0.05, 0.1) is 33.7 Å². The maximum atomic E-state index is 5.33. The van der Waals surface area contributed by atoms with Gasteiger partial charge < -0.3 is 4.57 Å². The number of aliphatic imine (C=N–C) groups is 1. The number of hydrogen-bond acceptors (Lipinski definition) is 2. The summed E-state index contributed by atoms with van der Waals surface area (Å²) in [6, 6.07) is 61.6. The Hall–Kier alpha value is -6.84. The summed E-state index contributed by atoms with van der Waals surface area (Å²) < 4.78 is 2.35. The Morgan fingerprint density at radius 3 is 1.90 bits per heavy atom. The van der Waals surface area contributed by atoms with E-state index in [1.807, 2.05) is 24.3 Å². The molecule has 0 aliphatic carbocycles. The van der Waals surface area contributed by atoms with Gasteiger partial charge in [0.25, 0.3) is 0 Å². The lowest BCUT2D eigenvalue weighted by Crippen LogP contribution is -1.99. The maximum Gasteiger partial charge on any atom is 0.0788 e. The summed E-state index contributed by atoms with van der Waals surface area (Å²) in [5.41, 5.74) is 12.4. The van der Waals surface area contributed by atoms with Gasteiger partial charge in [-0.2, -0.15) is 0 Å². The van der Waals surface area contributed by atoms with Crippen molar-refractivity contribution >= 4 is 60.5 Å². The molecule has 0 bridgehead atoms. The van der Waals surface area contributed by atoms with Crippen molar-refractivity contribution < 1.29 is 0 Å². The smallest absolute Gasteiger partial charge is 0.0788 e. The van der Waals surface area contributed by atoms with Crippen LogP contribution in [0.2, 0.25) is 0 Å². The lowest BCUT2D eigenvalue weighted by molar-refractivity contribution is 1.18. The van der Waals surface area contributed by atoms with E-state index in [1.54, 1.807) is 0 Å². The Morgan fingerprint density at radius 1 is 0.538 bits per heavy atom. The fourth-order valence-corrected chi connectivity index (χ4v) is 7.32. The van der Waals surface area contributed by atoms with Crippen LogP contribution in [0.5, 0.6) is 0 Å². The van der Waals surface area contributed by atoms with Crippen LogP contribution in [-0.2, 0) is 0 Å². The van der Waals surface area contributed by atoms with Crippen LogP contribution >= 0.6 is 0 Å². The number of para-hydroxylation sites is 2. The molecule has 0 N–H and O–H groups in total. The van der Waals surface area contributed by atoms with Crippen molar-refractivity contribution in [1.29, 1.82) is 0 Å². The summed E-state index contributed by atoms with van der Waals surface area (Å²) in [7, 11) is 0. The normalized spacial score (nSPS) is 12.2. The first-order chi connectivity index (χ1) is 25.6. The number of pyridine rings is 1. The summed E-state index contributed by atoms with van der Waals surface area (Å²) in [4.78, 5) is 10.5. The maximum absolute atomic E-state index is 5.33. The van der Waals surface area contributed by atoms with Gasteiger partial charge in [-0.3, -0.25) is 0 Å². The van der Waals surface area contributed by atoms with Crippen molar-refractivity contribution in [2.45, 2.75) is 6.92 Å². The lowest BCUT2D eigenvalue weighted by atomic mass is 9.97. The second-order valence-electron chi connectivity index (χ2n) is 13.2. The highest BCUT2D eigenvalue weighted by molar-refractivity contribution is 6.16. The summed E-state index contributed by atoms with van der Waals surface area (Å²) in [6.07, 6.45) is 2.15. The second kappa shape index (κ2) is 13.1. The monoisotopic (exact) mass is 665 g/mol. The highest BCUT2D eigenvalue weighted by Crippen LogP contribution is 2.38. The number of hydrogen-bond donors (Lipinski definition) is 0. The van der Waals surface area contributed by atoms with Crippen molar-refractivity contribution in [2.75, 3.05) is 0 Å². The quantitative estimate of drug-likeness (QED) is 0.123. The molecule has 0 atom stereocenters. The molecule has 0 saturated heterocycles. The van der Waals surface area contributed by atoms with E-state index in [-0.39, 0.29) is 0 Å². The summed E-state index contributed by atoms with van der Waals surface area (Å²) in [6.45, 7) is 6.59. The Labute approximate surface area is 303 Å². The van der Waals surface area contributed by atoms with Gasteiger partial charge in [0, 0.05) is 43.9 Å². The highest BCUT2D eigenvalue weighted by Gasteiger charge is 2.16. The Kier molecular flexibility index (Phi) is 7.87. The molecule has 2 heterocycles. The number of nitrogens with zero attached hydrogens (tertiary/aromatic N) is 3. The number of aromatic nitrogens is 2. The minimum Gasteiger partial charge on any atom is -0.309 e. The Balaban J connectivity index is 1.16. The zero-order chi connectivity index (χ0) is 35.0. The molecule has 0 amide bonds. The van der Waals surface area contributed by atoms with Crippen LogP contribution in [0.25, 0.3) is 71.7 Å². The third kappa shape index (κ3) is 5.59. The van der Waals surface area contributed by atoms with E-state index in [0.717, 1.165) is 66.6 Å². The second-order valence-corrected chi connectivity index (χ2v) is 13.2. The van der Waals surface area contributed by atoms with Gasteiger partial charge in [-0.1, -0.05) is 140 Å². The summed E-state index contributed by atoms with van der Waals surface area (Å²) >= 11 is 0. The molecule has 246 valence electrons. The topological polar surface area (TPSA) is 30.2 Å². The molecule has 0 spiro atoms. The van der Waals surface area contributed by atoms with Crippen LogP contribution in [0.3, 0.4) is 0 Å². The predicted molar refractivity (Wildman–Crippen MR) is 221 cm³/mol. The van der Waals surface area contributed by atoms with E-state index in [1.165, 1.54) is 21.8 Å². The largest absolute Gasteiger partial charge is 0.309 e. The standard InChI is InChI=1S/C49H35N3/c1-33(35-16-6-3-7-17-35)30-46(36-18-8-4-9-19-36)50-34(2)37-26-28-45-43(31-37)40-22-12-13-24-42(40)49(51-45)38-27-29-48-44(32-38)41-23-14-15-25-47(41)52(48)39-20-10-5-11-21-39/h3-32H,2H2,1H3/b33-30+,50-46?. The fourth-order valence-electron chi connectivity index (χ4n) is 7.32. The molecule has 0 saturated carbocycles. The zero-order valence-corrected chi connectivity index (χ0v) is 28.9. The Bertz CT molecular complexity index is 2840. The predicted octanol–water partition coefficient (Wildman–Crippen LogP) is 12.7. The van der Waals surface area contributed by atoms with Crippen LogP contribution in [0.1, 0.15) is 23.6 Å². The fraction of sp³-hybridized carbons (Fsp3) is 0.0204. The minimum absolute atomic E-state index is 0.700. The number of benzene rings is 7. The van der Waals surface area contributed by atoms with Crippen LogP contribution < -0.4 is 0 Å². The molecule has 0 fully saturated rings. The lowest BCUT2D eigenvalue weighted by Gasteiger charge is -2.13. The van der Waals surface area contributed by atoms with Crippen LogP contribution in [-0.4, -0.2) is 15.3 Å². The van der Waals surface area contributed by atoms with Gasteiger partial charge in [-0.05, 0) is 72.0 Å². The van der Waals surface area contributed by atoms with Gasteiger partial charge in [0.15, 0.2) is 0 Å². The third-order valence-electron chi connectivity index (χ3n) is 9.90. The molecule has 0 aliphatic heterocycles. The van der Waals surface area contributed by atoms with E-state index in [2.05, 4.69) is 176 Å². The molecular weight excluding hydrogens is 631 g/mol. The van der Waals surface area contributed by atoms with Gasteiger partial charge in [-0.15, -0.1) is 0 Å². The first-order valence-electron chi connectivity index (χ1n) is 17.6. The zero-order valence-electron chi connectivity index (χ0n) is 28.9. The van der Waals surface area contributed by atoms with E-state index in [4.69, 9.17) is 9.98 Å². The molecule has 3 nitrogen and oxygen atoms in total. The molecule has 9 aromatic rings. The SMILES string of the molecule is C=C(N=C(/C=C(\C)c1ccccc1)c1ccccc1)c1ccc2nc(-c3ccc4c(c3)c3ccccc3n4-c3ccccc3)c3ccccc3c2c1. The van der Waals surface area contributed by atoms with Gasteiger partial charge in [0.1, 0.15) is 0 Å². The molecule has 0 unspecified atom stereocenters. The first-order valence-corrected chi connectivity index (χ1v) is 17.6. The van der Waals surface area contributed by atoms with Crippen LogP contribution in [0.15, 0.2) is 194 Å². The Morgan fingerprint density at radius 2 is 1.15 bits per heavy atom. The summed E-state index contributed by atoms with van der Waals surface area (Å²) in [5.74, 6) is 0. The van der Waals surface area contributed by atoms with Crippen molar-refractivity contribution in [1.82, 2.24) is 9.55 Å². The molecular formula is C49H35N3. The van der Waals surface area contributed by atoms with Gasteiger partial charge in [0.2, 0.25) is 0 Å². The average Bonchev–Trinajstić information content (AvgIpc) is 3.54. The van der Waals surface area contributed by atoms with E-state index >= 15 is 0 Å². The number of fused-ring (bicyclic) bond motifs is 6.